The van der Waals surface area contributed by atoms with E-state index >= 15 is 0 Å². The summed E-state index contributed by atoms with van der Waals surface area (Å²) < 4.78 is 2.15. The third-order valence-electron chi connectivity index (χ3n) is 2.22. The van der Waals surface area contributed by atoms with Gasteiger partial charge in [-0.1, -0.05) is 12.8 Å². The van der Waals surface area contributed by atoms with Crippen LogP contribution in [0.1, 0.15) is 32.1 Å². The van der Waals surface area contributed by atoms with Gasteiger partial charge in [0.25, 0.3) is 0 Å². The first-order valence-corrected chi connectivity index (χ1v) is 5.11. The van der Waals surface area contributed by atoms with Gasteiger partial charge in [-0.25, -0.2) is 0 Å². The summed E-state index contributed by atoms with van der Waals surface area (Å²) in [6, 6.07) is 4.04. The van der Waals surface area contributed by atoms with Gasteiger partial charge in [0.2, 0.25) is 0 Å². The van der Waals surface area contributed by atoms with E-state index in [1.807, 2.05) is 12.1 Å². The topological polar surface area (TPSA) is 42.2 Å². The summed E-state index contributed by atoms with van der Waals surface area (Å²) in [6.45, 7) is 1.04. The van der Waals surface area contributed by atoms with Gasteiger partial charge in [-0.3, -0.25) is 4.79 Å². The number of nitrogens with zero attached hydrogens (tertiary/aromatic N) is 1. The van der Waals surface area contributed by atoms with Crippen molar-refractivity contribution >= 4 is 43.7 Å². The number of carboxylic acid groups (broad SMARTS) is 1. The predicted molar refractivity (Wildman–Crippen MR) is 63.7 cm³/mol. The Hall–Kier alpha value is 0.00974. The molecule has 0 unspecified atom stereocenters. The zero-order chi connectivity index (χ0) is 10.2. The van der Waals surface area contributed by atoms with Crippen LogP contribution < -0.4 is 0 Å². The van der Waals surface area contributed by atoms with E-state index in [9.17, 15) is 4.79 Å². The number of hydrogen-bond donors (Lipinski definition) is 1. The van der Waals surface area contributed by atoms with Crippen molar-refractivity contribution in [1.82, 2.24) is 4.57 Å². The zero-order valence-corrected chi connectivity index (χ0v) is 8.35. The number of aryl methyl sites for hydroxylation is 1. The van der Waals surface area contributed by atoms with Crippen LogP contribution >= 0.6 is 0 Å². The fraction of sp³-hybridized carbons (Fsp3) is 0.545. The molecule has 3 nitrogen and oxygen atoms in total. The van der Waals surface area contributed by atoms with E-state index in [1.165, 1.54) is 0 Å². The molecule has 1 N–H and O–H groups in total. The Kier molecular flexibility index (Phi) is 9.26. The summed E-state index contributed by atoms with van der Waals surface area (Å²) >= 11 is 0. The summed E-state index contributed by atoms with van der Waals surface area (Å²) in [5.41, 5.74) is 0. The Morgan fingerprint density at radius 1 is 1.07 bits per heavy atom. The number of carbonyl (C=O) groups is 1. The summed E-state index contributed by atoms with van der Waals surface area (Å²) in [6.07, 6.45) is 8.49. The average Bonchev–Trinajstić information content (AvgIpc) is 2.63. The minimum absolute atomic E-state index is 0. The van der Waals surface area contributed by atoms with Crippen LogP contribution in [0, 0.1) is 0 Å². The monoisotopic (exact) mass is 237 g/mol. The van der Waals surface area contributed by atoms with E-state index in [0.29, 0.717) is 6.42 Å². The van der Waals surface area contributed by atoms with Crippen LogP contribution in [0.5, 0.6) is 0 Å². The van der Waals surface area contributed by atoms with Gasteiger partial charge in [-0.05, 0) is 25.0 Å². The Balaban J connectivity index is 0.00000196. The predicted octanol–water partition coefficient (Wildman–Crippen LogP) is 1.61. The van der Waals surface area contributed by atoms with E-state index in [1.54, 1.807) is 0 Å². The van der Waals surface area contributed by atoms with Gasteiger partial charge in [0.15, 0.2) is 0 Å². The van der Waals surface area contributed by atoms with Crippen molar-refractivity contribution in [2.45, 2.75) is 38.6 Å². The number of hydrogen-bond acceptors (Lipinski definition) is 1. The molecule has 0 amide bonds. The molecule has 1 aromatic heterocycles. The van der Waals surface area contributed by atoms with E-state index in [-0.39, 0.29) is 37.7 Å². The minimum atomic E-state index is -0.685. The summed E-state index contributed by atoms with van der Waals surface area (Å²) in [5, 5.41) is 8.42. The van der Waals surface area contributed by atoms with Crippen LogP contribution in [0.15, 0.2) is 24.5 Å². The van der Waals surface area contributed by atoms with E-state index < -0.39 is 5.97 Å². The Bertz CT molecular complexity index is 260. The molecule has 0 bridgehead atoms. The molecule has 1 aromatic rings. The van der Waals surface area contributed by atoms with Gasteiger partial charge < -0.3 is 9.67 Å². The van der Waals surface area contributed by atoms with Crippen LogP contribution in [0.3, 0.4) is 0 Å². The molecule has 0 aliphatic carbocycles. The van der Waals surface area contributed by atoms with E-state index in [2.05, 4.69) is 17.0 Å². The van der Waals surface area contributed by atoms with Crippen molar-refractivity contribution in [1.29, 1.82) is 0 Å². The van der Waals surface area contributed by atoms with Crippen molar-refractivity contribution in [3.8, 4) is 0 Å². The summed E-state index contributed by atoms with van der Waals surface area (Å²) in [4.78, 5) is 10.2. The van der Waals surface area contributed by atoms with Gasteiger partial charge >= 0.3 is 43.7 Å². The zero-order valence-electron chi connectivity index (χ0n) is 8.35. The number of aliphatic carboxylic acids is 1. The Morgan fingerprint density at radius 2 is 1.67 bits per heavy atom. The molecule has 0 aliphatic heterocycles. The van der Waals surface area contributed by atoms with Crippen molar-refractivity contribution in [3.63, 3.8) is 0 Å². The molecule has 0 spiro atoms. The maximum absolute atomic E-state index is 10.2. The average molecular weight is 237 g/mol. The molecule has 0 atom stereocenters. The van der Waals surface area contributed by atoms with Crippen LogP contribution in [0.25, 0.3) is 0 Å². The molecule has 82 valence electrons. The first kappa shape index (κ1) is 15.0. The van der Waals surface area contributed by atoms with E-state index in [0.717, 1.165) is 32.2 Å². The molecule has 1 rings (SSSR count). The quantitative estimate of drug-likeness (QED) is 0.578. The Labute approximate surface area is 120 Å². The number of aromatic nitrogens is 1. The normalized spacial score (nSPS) is 9.60. The number of rotatable bonds is 7. The van der Waals surface area contributed by atoms with Gasteiger partial charge in [-0.15, -0.1) is 0 Å². The molecule has 0 fully saturated rings. The van der Waals surface area contributed by atoms with Gasteiger partial charge in [-0.2, -0.15) is 0 Å². The molecular formula is C11H19CaNO2. The van der Waals surface area contributed by atoms with Crippen LogP contribution in [-0.2, 0) is 11.3 Å². The summed E-state index contributed by atoms with van der Waals surface area (Å²) in [5.74, 6) is -0.685. The SMILES string of the molecule is O=C(O)CCCCCCn1cccc1.[CaH2]. The van der Waals surface area contributed by atoms with Gasteiger partial charge in [0.05, 0.1) is 0 Å². The second-order valence-electron chi connectivity index (χ2n) is 3.48. The van der Waals surface area contributed by atoms with Crippen molar-refractivity contribution < 1.29 is 9.90 Å². The second kappa shape index (κ2) is 9.25. The second-order valence-corrected chi connectivity index (χ2v) is 3.48. The molecule has 0 saturated carbocycles. The number of carboxylic acids is 1. The molecule has 0 aromatic carbocycles. The van der Waals surface area contributed by atoms with Gasteiger partial charge in [0.1, 0.15) is 0 Å². The van der Waals surface area contributed by atoms with Crippen molar-refractivity contribution in [2.75, 3.05) is 0 Å². The molecule has 1 heterocycles. The standard InChI is InChI=1S/C11H17NO2.Ca.2H/c13-11(14)7-3-1-2-4-8-12-9-5-6-10-12;;;/h5-6,9-10H,1-4,7-8H2,(H,13,14);;;. The molecule has 0 aliphatic rings. The molecular weight excluding hydrogens is 218 g/mol. The first-order chi connectivity index (χ1) is 6.79. The third kappa shape index (κ3) is 7.88. The Morgan fingerprint density at radius 3 is 2.27 bits per heavy atom. The van der Waals surface area contributed by atoms with Crippen LogP contribution in [-0.4, -0.2) is 53.4 Å². The molecule has 4 heteroatoms. The van der Waals surface area contributed by atoms with Gasteiger partial charge in [0, 0.05) is 25.4 Å². The fourth-order valence-electron chi connectivity index (χ4n) is 1.44. The van der Waals surface area contributed by atoms with Crippen LogP contribution in [0.4, 0.5) is 0 Å². The van der Waals surface area contributed by atoms with E-state index in [4.69, 9.17) is 5.11 Å². The first-order valence-electron chi connectivity index (χ1n) is 5.11. The van der Waals surface area contributed by atoms with Crippen molar-refractivity contribution in [3.05, 3.63) is 24.5 Å². The third-order valence-corrected chi connectivity index (χ3v) is 2.22. The number of unbranched alkanes of at least 4 members (excludes halogenated alkanes) is 3. The molecule has 15 heavy (non-hydrogen) atoms. The fourth-order valence-corrected chi connectivity index (χ4v) is 1.44. The maximum atomic E-state index is 10.2. The molecule has 0 saturated heterocycles. The molecule has 0 radical (unpaired) electrons. The summed E-state index contributed by atoms with van der Waals surface area (Å²) in [7, 11) is 0. The van der Waals surface area contributed by atoms with Crippen molar-refractivity contribution in [2.24, 2.45) is 0 Å². The van der Waals surface area contributed by atoms with Crippen LogP contribution in [0.2, 0.25) is 0 Å².